The zero-order chi connectivity index (χ0) is 14.0. The third-order valence-electron chi connectivity index (χ3n) is 2.77. The van der Waals surface area contributed by atoms with Gasteiger partial charge < -0.3 is 11.1 Å². The number of benzene rings is 2. The second-order valence-corrected chi connectivity index (χ2v) is 4.03. The van der Waals surface area contributed by atoms with E-state index in [1.807, 2.05) is 0 Å². The Labute approximate surface area is 108 Å². The summed E-state index contributed by atoms with van der Waals surface area (Å²) in [6, 6.07) is 10.5. The molecule has 2 rings (SSSR count). The van der Waals surface area contributed by atoms with Crippen LogP contribution in [0.25, 0.3) is 11.1 Å². The van der Waals surface area contributed by atoms with Crippen molar-refractivity contribution >= 4 is 11.9 Å². The van der Waals surface area contributed by atoms with Crippen LogP contribution in [0.15, 0.2) is 42.5 Å². The molecule has 0 amide bonds. The normalized spacial score (nSPS) is 11.3. The van der Waals surface area contributed by atoms with Gasteiger partial charge in [-0.3, -0.25) is 0 Å². The van der Waals surface area contributed by atoms with Crippen molar-refractivity contribution in [3.63, 3.8) is 0 Å². The Kier molecular flexibility index (Phi) is 3.29. The number of hydrogen-bond donors (Lipinski definition) is 2. The van der Waals surface area contributed by atoms with E-state index in [0.717, 1.165) is 18.3 Å². The van der Waals surface area contributed by atoms with Crippen molar-refractivity contribution in [2.24, 2.45) is 0 Å². The molecule has 0 spiro atoms. The Balaban J connectivity index is 2.71. The standard InChI is InChI=1S/C14H11F3N2/c15-14(16,17)10-6-11(9-4-2-1-3-5-9)12(8-18)13(19)7-10/h1-8,18H,19H2. The summed E-state index contributed by atoms with van der Waals surface area (Å²) in [6.45, 7) is 0. The molecule has 0 fully saturated rings. The topological polar surface area (TPSA) is 49.9 Å². The van der Waals surface area contributed by atoms with Crippen LogP contribution in [0.5, 0.6) is 0 Å². The highest BCUT2D eigenvalue weighted by Gasteiger charge is 2.31. The highest BCUT2D eigenvalue weighted by molar-refractivity contribution is 5.95. The zero-order valence-corrected chi connectivity index (χ0v) is 9.83. The van der Waals surface area contributed by atoms with Crippen molar-refractivity contribution in [3.8, 4) is 11.1 Å². The van der Waals surface area contributed by atoms with E-state index < -0.39 is 11.7 Å². The first-order chi connectivity index (χ1) is 8.93. The fraction of sp³-hybridized carbons (Fsp3) is 0.0714. The quantitative estimate of drug-likeness (QED) is 0.626. The predicted octanol–water partition coefficient (Wildman–Crippen LogP) is 3.95. The molecule has 0 saturated heterocycles. The van der Waals surface area contributed by atoms with Gasteiger partial charge in [0.15, 0.2) is 0 Å². The molecule has 0 aliphatic rings. The van der Waals surface area contributed by atoms with Gasteiger partial charge in [-0.15, -0.1) is 0 Å². The summed E-state index contributed by atoms with van der Waals surface area (Å²) in [4.78, 5) is 0. The number of nitrogens with one attached hydrogen (secondary N) is 1. The molecule has 2 aromatic carbocycles. The second-order valence-electron chi connectivity index (χ2n) is 4.03. The molecule has 5 heteroatoms. The van der Waals surface area contributed by atoms with Crippen LogP contribution in [0.1, 0.15) is 11.1 Å². The van der Waals surface area contributed by atoms with E-state index in [9.17, 15) is 13.2 Å². The van der Waals surface area contributed by atoms with Gasteiger partial charge in [0.1, 0.15) is 0 Å². The molecular formula is C14H11F3N2. The molecule has 0 atom stereocenters. The van der Waals surface area contributed by atoms with Crippen LogP contribution in [-0.2, 0) is 6.18 Å². The van der Waals surface area contributed by atoms with E-state index >= 15 is 0 Å². The summed E-state index contributed by atoms with van der Waals surface area (Å²) >= 11 is 0. The fourth-order valence-corrected chi connectivity index (χ4v) is 1.86. The van der Waals surface area contributed by atoms with Gasteiger partial charge in [-0.05, 0) is 23.3 Å². The van der Waals surface area contributed by atoms with Crippen molar-refractivity contribution in [2.45, 2.75) is 6.18 Å². The zero-order valence-electron chi connectivity index (χ0n) is 9.83. The SMILES string of the molecule is N=Cc1c(N)cc(C(F)(F)F)cc1-c1ccccc1. The van der Waals surface area contributed by atoms with Gasteiger partial charge in [-0.2, -0.15) is 13.2 Å². The predicted molar refractivity (Wildman–Crippen MR) is 69.2 cm³/mol. The molecule has 0 radical (unpaired) electrons. The molecule has 0 heterocycles. The number of hydrogen-bond acceptors (Lipinski definition) is 2. The Morgan fingerprint density at radius 3 is 2.21 bits per heavy atom. The van der Waals surface area contributed by atoms with Gasteiger partial charge in [0, 0.05) is 17.5 Å². The smallest absolute Gasteiger partial charge is 0.398 e. The van der Waals surface area contributed by atoms with Gasteiger partial charge in [0.2, 0.25) is 0 Å². The lowest BCUT2D eigenvalue weighted by Gasteiger charge is -2.14. The molecule has 2 aromatic rings. The molecule has 19 heavy (non-hydrogen) atoms. The van der Waals surface area contributed by atoms with Crippen molar-refractivity contribution in [3.05, 3.63) is 53.6 Å². The van der Waals surface area contributed by atoms with E-state index in [1.54, 1.807) is 30.3 Å². The van der Waals surface area contributed by atoms with Crippen LogP contribution in [0, 0.1) is 5.41 Å². The molecular weight excluding hydrogens is 253 g/mol. The van der Waals surface area contributed by atoms with Crippen LogP contribution in [0.2, 0.25) is 0 Å². The first kappa shape index (κ1) is 13.1. The lowest BCUT2D eigenvalue weighted by molar-refractivity contribution is -0.137. The van der Waals surface area contributed by atoms with E-state index in [-0.39, 0.29) is 5.69 Å². The minimum atomic E-state index is -4.46. The third-order valence-corrected chi connectivity index (χ3v) is 2.77. The number of nitrogens with two attached hydrogens (primary N) is 1. The van der Waals surface area contributed by atoms with E-state index in [4.69, 9.17) is 11.1 Å². The average Bonchev–Trinajstić information content (AvgIpc) is 2.37. The number of halogens is 3. The molecule has 98 valence electrons. The van der Waals surface area contributed by atoms with E-state index in [0.29, 0.717) is 16.7 Å². The first-order valence-corrected chi connectivity index (χ1v) is 5.50. The fourth-order valence-electron chi connectivity index (χ4n) is 1.86. The summed E-state index contributed by atoms with van der Waals surface area (Å²) in [5.74, 6) is 0. The maximum absolute atomic E-state index is 12.8. The lowest BCUT2D eigenvalue weighted by Crippen LogP contribution is -2.08. The lowest BCUT2D eigenvalue weighted by atomic mass is 9.96. The van der Waals surface area contributed by atoms with Gasteiger partial charge in [0.05, 0.1) is 5.56 Å². The summed E-state index contributed by atoms with van der Waals surface area (Å²) < 4.78 is 38.4. The van der Waals surface area contributed by atoms with Crippen LogP contribution < -0.4 is 5.73 Å². The van der Waals surface area contributed by atoms with Gasteiger partial charge in [0.25, 0.3) is 0 Å². The second kappa shape index (κ2) is 4.76. The third kappa shape index (κ3) is 2.59. The Bertz CT molecular complexity index is 604. The molecule has 3 N–H and O–H groups in total. The van der Waals surface area contributed by atoms with Crippen LogP contribution >= 0.6 is 0 Å². The minimum absolute atomic E-state index is 0.0521. The van der Waals surface area contributed by atoms with Crippen molar-refractivity contribution < 1.29 is 13.2 Å². The maximum Gasteiger partial charge on any atom is 0.416 e. The summed E-state index contributed by atoms with van der Waals surface area (Å²) in [5.41, 5.74) is 5.95. The monoisotopic (exact) mass is 264 g/mol. The van der Waals surface area contributed by atoms with Crippen LogP contribution in [-0.4, -0.2) is 6.21 Å². The molecule has 2 nitrogen and oxygen atoms in total. The molecule has 0 aliphatic heterocycles. The van der Waals surface area contributed by atoms with Crippen LogP contribution in [0.3, 0.4) is 0 Å². The largest absolute Gasteiger partial charge is 0.416 e. The summed E-state index contributed by atoms with van der Waals surface area (Å²) in [7, 11) is 0. The number of alkyl halides is 3. The highest BCUT2D eigenvalue weighted by Crippen LogP contribution is 2.36. The van der Waals surface area contributed by atoms with Crippen LogP contribution in [0.4, 0.5) is 18.9 Å². The Hall–Kier alpha value is -2.30. The maximum atomic E-state index is 12.8. The summed E-state index contributed by atoms with van der Waals surface area (Å²) in [5, 5.41) is 7.31. The van der Waals surface area contributed by atoms with Gasteiger partial charge >= 0.3 is 6.18 Å². The number of nitrogen functional groups attached to an aromatic ring is 1. The minimum Gasteiger partial charge on any atom is -0.398 e. The Morgan fingerprint density at radius 1 is 1.05 bits per heavy atom. The molecule has 0 saturated carbocycles. The number of anilines is 1. The average molecular weight is 264 g/mol. The Morgan fingerprint density at radius 2 is 1.68 bits per heavy atom. The summed E-state index contributed by atoms with van der Waals surface area (Å²) in [6.07, 6.45) is -3.49. The van der Waals surface area contributed by atoms with E-state index in [1.165, 1.54) is 0 Å². The van der Waals surface area contributed by atoms with Crippen molar-refractivity contribution in [1.29, 1.82) is 5.41 Å². The van der Waals surface area contributed by atoms with E-state index in [2.05, 4.69) is 0 Å². The molecule has 0 unspecified atom stereocenters. The molecule has 0 bridgehead atoms. The van der Waals surface area contributed by atoms with Crippen molar-refractivity contribution in [2.75, 3.05) is 5.73 Å². The van der Waals surface area contributed by atoms with Gasteiger partial charge in [-0.1, -0.05) is 30.3 Å². The van der Waals surface area contributed by atoms with Gasteiger partial charge in [-0.25, -0.2) is 0 Å². The van der Waals surface area contributed by atoms with Crippen molar-refractivity contribution in [1.82, 2.24) is 0 Å². The molecule has 0 aromatic heterocycles. The molecule has 0 aliphatic carbocycles. The number of rotatable bonds is 2. The highest BCUT2D eigenvalue weighted by atomic mass is 19.4. The first-order valence-electron chi connectivity index (χ1n) is 5.50.